The van der Waals surface area contributed by atoms with Crippen LogP contribution < -0.4 is 5.73 Å². The fraction of sp³-hybridized carbons (Fsp3) is 0.600. The van der Waals surface area contributed by atoms with E-state index < -0.39 is 11.6 Å². The Morgan fingerprint density at radius 3 is 2.28 bits per heavy atom. The van der Waals surface area contributed by atoms with Crippen molar-refractivity contribution in [2.24, 2.45) is 11.1 Å². The van der Waals surface area contributed by atoms with Gasteiger partial charge in [0.25, 0.3) is 0 Å². The van der Waals surface area contributed by atoms with Gasteiger partial charge in [-0.2, -0.15) is 0 Å². The standard InChI is InChI=1S/C15H21F2N/c1-14(2)5-7-15(18,8-6-14)10-11-3-4-12(16)9-13(11)17/h3-4,9H,5-8,10,18H2,1-2H3. The van der Waals surface area contributed by atoms with Gasteiger partial charge in [0, 0.05) is 11.6 Å². The summed E-state index contributed by atoms with van der Waals surface area (Å²) < 4.78 is 26.5. The van der Waals surface area contributed by atoms with E-state index in [9.17, 15) is 8.78 Å². The highest BCUT2D eigenvalue weighted by molar-refractivity contribution is 5.21. The summed E-state index contributed by atoms with van der Waals surface area (Å²) in [7, 11) is 0. The molecular weight excluding hydrogens is 232 g/mol. The molecule has 100 valence electrons. The van der Waals surface area contributed by atoms with Crippen LogP contribution in [0.15, 0.2) is 18.2 Å². The van der Waals surface area contributed by atoms with Crippen molar-refractivity contribution < 1.29 is 8.78 Å². The number of hydrogen-bond donors (Lipinski definition) is 1. The van der Waals surface area contributed by atoms with Crippen LogP contribution in [0.25, 0.3) is 0 Å². The minimum absolute atomic E-state index is 0.338. The van der Waals surface area contributed by atoms with Crippen LogP contribution in [0.3, 0.4) is 0 Å². The number of halogens is 2. The maximum absolute atomic E-state index is 13.6. The molecule has 0 saturated heterocycles. The van der Waals surface area contributed by atoms with E-state index in [1.165, 1.54) is 12.1 Å². The summed E-state index contributed by atoms with van der Waals surface area (Å²) in [5.74, 6) is -1.02. The van der Waals surface area contributed by atoms with Gasteiger partial charge in [0.2, 0.25) is 0 Å². The molecule has 0 atom stereocenters. The van der Waals surface area contributed by atoms with Crippen molar-refractivity contribution in [3.05, 3.63) is 35.4 Å². The second kappa shape index (κ2) is 4.61. The molecule has 3 heteroatoms. The molecule has 18 heavy (non-hydrogen) atoms. The smallest absolute Gasteiger partial charge is 0.129 e. The molecule has 0 bridgehead atoms. The fourth-order valence-corrected chi connectivity index (χ4v) is 2.65. The Labute approximate surface area is 107 Å². The molecule has 1 saturated carbocycles. The molecule has 0 amide bonds. The summed E-state index contributed by atoms with van der Waals surface area (Å²) in [6.45, 7) is 4.48. The van der Waals surface area contributed by atoms with Crippen LogP contribution in [0.2, 0.25) is 0 Å². The Morgan fingerprint density at radius 2 is 1.72 bits per heavy atom. The first-order chi connectivity index (χ1) is 8.30. The van der Waals surface area contributed by atoms with Gasteiger partial charge in [0.1, 0.15) is 11.6 Å². The lowest BCUT2D eigenvalue weighted by molar-refractivity contribution is 0.164. The predicted octanol–water partition coefficient (Wildman–Crippen LogP) is 3.81. The summed E-state index contributed by atoms with van der Waals surface area (Å²) >= 11 is 0. The van der Waals surface area contributed by atoms with Crippen molar-refractivity contribution >= 4 is 0 Å². The third kappa shape index (κ3) is 3.08. The molecule has 0 radical (unpaired) electrons. The predicted molar refractivity (Wildman–Crippen MR) is 69.2 cm³/mol. The van der Waals surface area contributed by atoms with Crippen molar-refractivity contribution in [2.45, 2.75) is 51.5 Å². The number of benzene rings is 1. The Hall–Kier alpha value is -0.960. The van der Waals surface area contributed by atoms with E-state index in [0.717, 1.165) is 31.7 Å². The summed E-state index contributed by atoms with van der Waals surface area (Å²) in [6.07, 6.45) is 4.42. The minimum atomic E-state index is -0.535. The molecule has 1 aromatic carbocycles. The summed E-state index contributed by atoms with van der Waals surface area (Å²) in [5, 5.41) is 0. The van der Waals surface area contributed by atoms with Crippen LogP contribution in [0, 0.1) is 17.0 Å². The van der Waals surface area contributed by atoms with E-state index >= 15 is 0 Å². The lowest BCUT2D eigenvalue weighted by Crippen LogP contribution is -2.47. The van der Waals surface area contributed by atoms with Crippen molar-refractivity contribution in [2.75, 3.05) is 0 Å². The van der Waals surface area contributed by atoms with Gasteiger partial charge >= 0.3 is 0 Å². The first-order valence-electron chi connectivity index (χ1n) is 6.53. The molecule has 1 nitrogen and oxygen atoms in total. The Balaban J connectivity index is 2.09. The maximum atomic E-state index is 13.6. The highest BCUT2D eigenvalue weighted by Crippen LogP contribution is 2.40. The zero-order valence-corrected chi connectivity index (χ0v) is 11.1. The third-order valence-electron chi connectivity index (χ3n) is 4.16. The lowest BCUT2D eigenvalue weighted by atomic mass is 9.68. The van der Waals surface area contributed by atoms with Gasteiger partial charge in [-0.05, 0) is 49.1 Å². The maximum Gasteiger partial charge on any atom is 0.129 e. The number of hydrogen-bond acceptors (Lipinski definition) is 1. The fourth-order valence-electron chi connectivity index (χ4n) is 2.65. The summed E-state index contributed by atoms with van der Waals surface area (Å²) in [4.78, 5) is 0. The van der Waals surface area contributed by atoms with E-state index in [-0.39, 0.29) is 5.54 Å². The Bertz CT molecular complexity index is 430. The first kappa shape index (κ1) is 13.5. The number of rotatable bonds is 2. The van der Waals surface area contributed by atoms with E-state index in [0.29, 0.717) is 17.4 Å². The molecule has 0 unspecified atom stereocenters. The monoisotopic (exact) mass is 253 g/mol. The second-order valence-corrected chi connectivity index (χ2v) is 6.44. The molecule has 1 fully saturated rings. The average Bonchev–Trinajstić information content (AvgIpc) is 2.28. The first-order valence-corrected chi connectivity index (χ1v) is 6.53. The SMILES string of the molecule is CC1(C)CCC(N)(Cc2ccc(F)cc2F)CC1. The van der Waals surface area contributed by atoms with Crippen LogP contribution in [0.4, 0.5) is 8.78 Å². The lowest BCUT2D eigenvalue weighted by Gasteiger charge is -2.41. The third-order valence-corrected chi connectivity index (χ3v) is 4.16. The molecule has 1 aromatic rings. The zero-order chi connectivity index (χ0) is 13.4. The molecule has 2 rings (SSSR count). The highest BCUT2D eigenvalue weighted by Gasteiger charge is 2.35. The quantitative estimate of drug-likeness (QED) is 0.852. The zero-order valence-electron chi connectivity index (χ0n) is 11.1. The van der Waals surface area contributed by atoms with Crippen LogP contribution in [-0.2, 0) is 6.42 Å². The van der Waals surface area contributed by atoms with Crippen molar-refractivity contribution in [3.8, 4) is 0 Å². The van der Waals surface area contributed by atoms with Crippen LogP contribution >= 0.6 is 0 Å². The van der Waals surface area contributed by atoms with Gasteiger partial charge in [0.05, 0.1) is 0 Å². The van der Waals surface area contributed by atoms with Crippen LogP contribution in [0.1, 0.15) is 45.1 Å². The molecule has 0 aliphatic heterocycles. The molecule has 0 aromatic heterocycles. The van der Waals surface area contributed by atoms with Gasteiger partial charge in [-0.1, -0.05) is 19.9 Å². The number of nitrogens with two attached hydrogens (primary N) is 1. The molecule has 2 N–H and O–H groups in total. The molecule has 1 aliphatic rings. The van der Waals surface area contributed by atoms with E-state index in [1.807, 2.05) is 0 Å². The van der Waals surface area contributed by atoms with Gasteiger partial charge in [-0.25, -0.2) is 8.78 Å². The van der Waals surface area contributed by atoms with Crippen molar-refractivity contribution in [1.82, 2.24) is 0 Å². The van der Waals surface area contributed by atoms with Crippen LogP contribution in [-0.4, -0.2) is 5.54 Å². The van der Waals surface area contributed by atoms with Crippen molar-refractivity contribution in [3.63, 3.8) is 0 Å². The largest absolute Gasteiger partial charge is 0.325 e. The van der Waals surface area contributed by atoms with Gasteiger partial charge in [-0.3, -0.25) is 0 Å². The molecule has 1 aliphatic carbocycles. The second-order valence-electron chi connectivity index (χ2n) is 6.44. The van der Waals surface area contributed by atoms with Crippen molar-refractivity contribution in [1.29, 1.82) is 0 Å². The molecule has 0 spiro atoms. The van der Waals surface area contributed by atoms with Gasteiger partial charge in [0.15, 0.2) is 0 Å². The van der Waals surface area contributed by atoms with Gasteiger partial charge in [-0.15, -0.1) is 0 Å². The Morgan fingerprint density at radius 1 is 1.11 bits per heavy atom. The molecular formula is C15H21F2N. The van der Waals surface area contributed by atoms with Crippen LogP contribution in [0.5, 0.6) is 0 Å². The topological polar surface area (TPSA) is 26.0 Å². The Kier molecular flexibility index (Phi) is 3.45. The minimum Gasteiger partial charge on any atom is -0.325 e. The van der Waals surface area contributed by atoms with Gasteiger partial charge < -0.3 is 5.73 Å². The normalized spacial score (nSPS) is 21.8. The summed E-state index contributed by atoms with van der Waals surface area (Å²) in [5.41, 5.74) is 6.88. The van der Waals surface area contributed by atoms with E-state index in [4.69, 9.17) is 5.73 Å². The highest BCUT2D eigenvalue weighted by atomic mass is 19.1. The molecule has 0 heterocycles. The average molecular weight is 253 g/mol. The summed E-state index contributed by atoms with van der Waals surface area (Å²) in [6, 6.07) is 3.75. The van der Waals surface area contributed by atoms with E-state index in [2.05, 4.69) is 13.8 Å². The van der Waals surface area contributed by atoms with E-state index in [1.54, 1.807) is 0 Å².